The minimum Gasteiger partial charge on any atom is -0.481 e. The Hall–Kier alpha value is -2.51. The van der Waals surface area contributed by atoms with Gasteiger partial charge in [-0.1, -0.05) is 56.1 Å². The third kappa shape index (κ3) is 5.84. The monoisotopic (exact) mass is 478 g/mol. The predicted molar refractivity (Wildman–Crippen MR) is 127 cm³/mol. The lowest BCUT2D eigenvalue weighted by atomic mass is 9.85. The topological polar surface area (TPSA) is 99.8 Å². The highest BCUT2D eigenvalue weighted by molar-refractivity contribution is 6.31. The van der Waals surface area contributed by atoms with E-state index in [4.69, 9.17) is 34.0 Å². The third-order valence-corrected chi connectivity index (χ3v) is 5.88. The number of benzene rings is 1. The summed E-state index contributed by atoms with van der Waals surface area (Å²) in [5.41, 5.74) is 7.65. The number of nitrogens with two attached hydrogens (primary N) is 1. The zero-order valence-corrected chi connectivity index (χ0v) is 19.9. The number of pyridine rings is 1. The van der Waals surface area contributed by atoms with Gasteiger partial charge < -0.3 is 20.6 Å². The van der Waals surface area contributed by atoms with E-state index in [1.165, 1.54) is 0 Å². The largest absolute Gasteiger partial charge is 0.481 e. The van der Waals surface area contributed by atoms with Gasteiger partial charge in [0.05, 0.1) is 16.8 Å². The molecule has 3 rings (SSSR count). The molecule has 1 aliphatic heterocycles. The lowest BCUT2D eigenvalue weighted by Crippen LogP contribution is -2.57. The summed E-state index contributed by atoms with van der Waals surface area (Å²) in [6.45, 7) is 7.05. The normalized spacial score (nSPS) is 19.2. The molecule has 0 radical (unpaired) electrons. The van der Waals surface area contributed by atoms with Crippen LogP contribution in [0, 0.1) is 5.41 Å². The van der Waals surface area contributed by atoms with E-state index >= 15 is 0 Å². The summed E-state index contributed by atoms with van der Waals surface area (Å²) in [5.74, 6) is -0.961. The number of carbonyl (C=O) groups excluding carboxylic acids is 1. The van der Waals surface area contributed by atoms with E-state index in [2.05, 4.69) is 30.7 Å². The van der Waals surface area contributed by atoms with Crippen LogP contribution >= 0.6 is 23.2 Å². The Morgan fingerprint density at radius 1 is 1.16 bits per heavy atom. The number of aliphatic carboxylic acids is 1. The van der Waals surface area contributed by atoms with Crippen molar-refractivity contribution in [2.45, 2.75) is 45.7 Å². The summed E-state index contributed by atoms with van der Waals surface area (Å²) in [6, 6.07) is 8.64. The molecule has 172 valence electrons. The maximum absolute atomic E-state index is 12.8. The first-order valence-electron chi connectivity index (χ1n) is 10.4. The average Bonchev–Trinajstić information content (AvgIpc) is 2.67. The molecule has 9 heteroatoms. The summed E-state index contributed by atoms with van der Waals surface area (Å²) < 4.78 is 0. The van der Waals surface area contributed by atoms with Crippen LogP contribution in [0.3, 0.4) is 0 Å². The van der Waals surface area contributed by atoms with Gasteiger partial charge in [0.2, 0.25) is 5.91 Å². The number of nitrogen functional groups attached to an aromatic ring is 1. The van der Waals surface area contributed by atoms with E-state index in [0.29, 0.717) is 34.6 Å². The van der Waals surface area contributed by atoms with E-state index < -0.39 is 18.3 Å². The van der Waals surface area contributed by atoms with Gasteiger partial charge in [-0.15, -0.1) is 0 Å². The van der Waals surface area contributed by atoms with E-state index in [-0.39, 0.29) is 17.5 Å². The van der Waals surface area contributed by atoms with E-state index in [1.54, 1.807) is 29.3 Å². The Balaban J connectivity index is 2.11. The molecule has 0 spiro atoms. The number of hydrogen-bond donors (Lipinski definition) is 2. The Bertz CT molecular complexity index is 992. The number of carboxylic acids is 1. The van der Waals surface area contributed by atoms with Gasteiger partial charge in [0.15, 0.2) is 5.82 Å². The van der Waals surface area contributed by atoms with Gasteiger partial charge in [0.1, 0.15) is 6.42 Å². The summed E-state index contributed by atoms with van der Waals surface area (Å²) in [5, 5.41) is 10.2. The third-order valence-electron chi connectivity index (χ3n) is 5.42. The molecule has 1 aliphatic rings. The fourth-order valence-corrected chi connectivity index (χ4v) is 4.51. The van der Waals surface area contributed by atoms with Crippen LogP contribution in [-0.4, -0.2) is 46.0 Å². The van der Waals surface area contributed by atoms with Gasteiger partial charge >= 0.3 is 5.97 Å². The fourth-order valence-electron chi connectivity index (χ4n) is 4.22. The van der Waals surface area contributed by atoms with Crippen molar-refractivity contribution < 1.29 is 14.7 Å². The average molecular weight is 479 g/mol. The maximum atomic E-state index is 12.8. The second-order valence-corrected chi connectivity index (χ2v) is 10.2. The van der Waals surface area contributed by atoms with E-state index in [9.17, 15) is 9.59 Å². The first-order valence-corrected chi connectivity index (χ1v) is 11.1. The van der Waals surface area contributed by atoms with Crippen molar-refractivity contribution in [1.82, 2.24) is 9.88 Å². The highest BCUT2D eigenvalue weighted by Crippen LogP contribution is 2.40. The van der Waals surface area contributed by atoms with Gasteiger partial charge in [-0.05, 0) is 35.6 Å². The molecule has 1 aromatic carbocycles. The first-order chi connectivity index (χ1) is 14.9. The second kappa shape index (κ2) is 9.55. The van der Waals surface area contributed by atoms with Crippen LogP contribution in [0.25, 0.3) is 0 Å². The number of halogens is 2. The van der Waals surface area contributed by atoms with Crippen molar-refractivity contribution >= 4 is 46.6 Å². The number of anilines is 2. The molecule has 2 heterocycles. The molecule has 7 nitrogen and oxygen atoms in total. The maximum Gasteiger partial charge on any atom is 0.312 e. The Kier molecular flexibility index (Phi) is 7.20. The molecular weight excluding hydrogens is 451 g/mol. The van der Waals surface area contributed by atoms with Gasteiger partial charge in [0, 0.05) is 30.4 Å². The first kappa shape index (κ1) is 24.1. The highest BCUT2D eigenvalue weighted by Gasteiger charge is 2.40. The van der Waals surface area contributed by atoms with Crippen molar-refractivity contribution in [3.63, 3.8) is 0 Å². The quantitative estimate of drug-likeness (QED) is 0.607. The highest BCUT2D eigenvalue weighted by atomic mass is 35.5. The lowest BCUT2D eigenvalue weighted by molar-refractivity contribution is -0.145. The number of amides is 1. The minimum absolute atomic E-state index is 0.0620. The molecule has 2 unspecified atom stereocenters. The number of carbonyl (C=O) groups is 2. The van der Waals surface area contributed by atoms with Crippen LogP contribution in [0.4, 0.5) is 11.5 Å². The van der Waals surface area contributed by atoms with Crippen molar-refractivity contribution in [2.75, 3.05) is 23.7 Å². The molecule has 0 saturated carbocycles. The van der Waals surface area contributed by atoms with Crippen LogP contribution in [0.2, 0.25) is 10.0 Å². The molecule has 2 atom stereocenters. The summed E-state index contributed by atoms with van der Waals surface area (Å²) in [6.07, 6.45) is 1.75. The summed E-state index contributed by atoms with van der Waals surface area (Å²) in [4.78, 5) is 32.3. The molecule has 2 aromatic rings. The number of hydrogen-bond acceptors (Lipinski definition) is 5. The Morgan fingerprint density at radius 3 is 2.38 bits per heavy atom. The number of nitrogens with zero attached hydrogens (tertiary/aromatic N) is 3. The van der Waals surface area contributed by atoms with Crippen molar-refractivity contribution in [2.24, 2.45) is 5.41 Å². The Morgan fingerprint density at radius 2 is 1.81 bits per heavy atom. The molecule has 1 fully saturated rings. The number of carboxylic acid groups (broad SMARTS) is 1. The van der Waals surface area contributed by atoms with E-state index in [0.717, 1.165) is 12.0 Å². The molecule has 3 N–H and O–H groups in total. The van der Waals surface area contributed by atoms with E-state index in [1.807, 2.05) is 12.1 Å². The van der Waals surface area contributed by atoms with Crippen LogP contribution in [0.1, 0.15) is 45.2 Å². The summed E-state index contributed by atoms with van der Waals surface area (Å²) in [7, 11) is 0. The zero-order chi connectivity index (χ0) is 23.6. The van der Waals surface area contributed by atoms with Gasteiger partial charge in [-0.25, -0.2) is 4.98 Å². The van der Waals surface area contributed by atoms with Crippen molar-refractivity contribution in [3.05, 3.63) is 52.1 Å². The number of rotatable bonds is 5. The lowest BCUT2D eigenvalue weighted by Gasteiger charge is -2.49. The predicted octanol–water partition coefficient (Wildman–Crippen LogP) is 4.64. The van der Waals surface area contributed by atoms with Crippen LogP contribution in [0.15, 0.2) is 36.5 Å². The molecule has 1 saturated heterocycles. The molecule has 0 aliphatic carbocycles. The molecule has 32 heavy (non-hydrogen) atoms. The molecule has 1 amide bonds. The molecule has 0 bridgehead atoms. The van der Waals surface area contributed by atoms with Crippen LogP contribution in [0.5, 0.6) is 0 Å². The van der Waals surface area contributed by atoms with Crippen molar-refractivity contribution in [3.8, 4) is 0 Å². The van der Waals surface area contributed by atoms with Gasteiger partial charge in [0.25, 0.3) is 0 Å². The van der Waals surface area contributed by atoms with Gasteiger partial charge in [-0.3, -0.25) is 9.59 Å². The minimum atomic E-state index is -1.14. The second-order valence-electron chi connectivity index (χ2n) is 9.33. The molecular formula is C23H28Cl2N4O3. The number of aromatic nitrogens is 1. The van der Waals surface area contributed by atoms with Gasteiger partial charge in [-0.2, -0.15) is 0 Å². The zero-order valence-electron chi connectivity index (χ0n) is 18.4. The standard InChI is InChI=1S/C23H28Cl2N4O3/c1-23(2,3)10-17-12-28(20(30)9-21(31)32)13-19(14-4-6-15(24)7-5-14)29(17)22-18(26)8-16(25)11-27-22/h4-8,11,17,19H,9-10,12-13,26H2,1-3H3,(H,31,32). The number of piperazine rings is 1. The fraction of sp³-hybridized carbons (Fsp3) is 0.435. The Labute approximate surface area is 198 Å². The smallest absolute Gasteiger partial charge is 0.312 e. The summed E-state index contributed by atoms with van der Waals surface area (Å²) >= 11 is 12.2. The van der Waals surface area contributed by atoms with Crippen LogP contribution < -0.4 is 10.6 Å². The van der Waals surface area contributed by atoms with Crippen LogP contribution in [-0.2, 0) is 9.59 Å². The SMILES string of the molecule is CC(C)(C)CC1CN(C(=O)CC(=O)O)CC(c2ccc(Cl)cc2)N1c1ncc(Cl)cc1N. The molecule has 1 aromatic heterocycles. The van der Waals surface area contributed by atoms with Crippen molar-refractivity contribution in [1.29, 1.82) is 0 Å².